The Morgan fingerprint density at radius 3 is 1.76 bits per heavy atom. The summed E-state index contributed by atoms with van der Waals surface area (Å²) in [4.78, 5) is 7.24. The van der Waals surface area contributed by atoms with Crippen LogP contribution in [-0.4, -0.2) is 4.98 Å². The highest BCUT2D eigenvalue weighted by atomic mass is 16.4. The molecule has 0 aliphatic carbocycles. The van der Waals surface area contributed by atoms with Gasteiger partial charge in [-0.2, -0.15) is 0 Å². The normalized spacial score (nSPS) is 12.0. The summed E-state index contributed by atoms with van der Waals surface area (Å²) in [6.07, 6.45) is 0. The van der Waals surface area contributed by atoms with Crippen LogP contribution in [0.15, 0.2) is 171 Å². The quantitative estimate of drug-likeness (QED) is 0.191. The van der Waals surface area contributed by atoms with Gasteiger partial charge in [0.2, 0.25) is 5.89 Å². The summed E-state index contributed by atoms with van der Waals surface area (Å²) in [5, 5.41) is 8.82. The van der Waals surface area contributed by atoms with Gasteiger partial charge in [-0.25, -0.2) is 4.98 Å². The molecule has 11 rings (SSSR count). The van der Waals surface area contributed by atoms with Crippen molar-refractivity contribution in [1.82, 2.24) is 4.98 Å². The van der Waals surface area contributed by atoms with Gasteiger partial charge in [0, 0.05) is 61.7 Å². The van der Waals surface area contributed by atoms with E-state index in [1.165, 1.54) is 10.8 Å². The second kappa shape index (κ2) is 10.3. The molecular weight excluding hydrogens is 617 g/mol. The third-order valence-corrected chi connectivity index (χ3v) is 9.87. The van der Waals surface area contributed by atoms with E-state index in [1.807, 2.05) is 36.4 Å². The number of rotatable bonds is 4. The topological polar surface area (TPSA) is 55.6 Å². The summed E-state index contributed by atoms with van der Waals surface area (Å²) in [6.45, 7) is 0. The molecule has 0 fully saturated rings. The largest absolute Gasteiger partial charge is 0.456 e. The molecule has 0 aliphatic rings. The van der Waals surface area contributed by atoms with E-state index < -0.39 is 0 Å². The molecule has 0 amide bonds. The fourth-order valence-electron chi connectivity index (χ4n) is 7.61. The Morgan fingerprint density at radius 1 is 0.380 bits per heavy atom. The Labute approximate surface area is 285 Å². The van der Waals surface area contributed by atoms with Crippen LogP contribution in [0.1, 0.15) is 0 Å². The zero-order chi connectivity index (χ0) is 32.8. The molecule has 0 saturated carbocycles. The number of hydrogen-bond acceptors (Lipinski definition) is 5. The zero-order valence-corrected chi connectivity index (χ0v) is 26.6. The van der Waals surface area contributed by atoms with Crippen LogP contribution in [0.4, 0.5) is 17.1 Å². The Bertz CT molecular complexity index is 3110. The fourth-order valence-corrected chi connectivity index (χ4v) is 7.61. The van der Waals surface area contributed by atoms with Gasteiger partial charge in [0.05, 0.1) is 0 Å². The van der Waals surface area contributed by atoms with E-state index >= 15 is 0 Å². The lowest BCUT2D eigenvalue weighted by atomic mass is 10.0. The van der Waals surface area contributed by atoms with Gasteiger partial charge < -0.3 is 18.2 Å². The van der Waals surface area contributed by atoms with Gasteiger partial charge in [0.25, 0.3) is 0 Å². The SMILES string of the molecule is c1ccc(N(c2ccc3c(c2)oc2cccc(-c4nc5c(ccc6ccccc65)o4)c23)c2ccc3c(c2)oc2ccc4ccccc4c23)cc1. The molecule has 50 heavy (non-hydrogen) atoms. The molecule has 5 nitrogen and oxygen atoms in total. The first-order valence-corrected chi connectivity index (χ1v) is 16.7. The number of anilines is 3. The zero-order valence-electron chi connectivity index (χ0n) is 26.6. The third-order valence-electron chi connectivity index (χ3n) is 9.87. The molecule has 0 spiro atoms. The Kier molecular flexibility index (Phi) is 5.60. The van der Waals surface area contributed by atoms with Crippen LogP contribution in [0.2, 0.25) is 0 Å². The smallest absolute Gasteiger partial charge is 0.228 e. The van der Waals surface area contributed by atoms with Crippen molar-refractivity contribution >= 4 is 93.6 Å². The number of hydrogen-bond donors (Lipinski definition) is 0. The molecule has 0 unspecified atom stereocenters. The van der Waals surface area contributed by atoms with Crippen LogP contribution in [0.25, 0.3) is 88.0 Å². The standard InChI is InChI=1S/C45H26N2O3/c1-2-11-29(12-3-1)47(30-19-21-34-40(25-30)49-38-23-17-27-9-4-6-13-32(27)42(34)38)31-20-22-35-41(26-31)48-37-16-8-15-36(43(35)37)45-46-44-33-14-7-5-10-28(33)18-24-39(44)50-45/h1-26H. The van der Waals surface area contributed by atoms with Gasteiger partial charge in [-0.3, -0.25) is 0 Å². The molecule has 3 aromatic heterocycles. The number of aromatic nitrogens is 1. The van der Waals surface area contributed by atoms with E-state index in [2.05, 4.69) is 126 Å². The first-order valence-electron chi connectivity index (χ1n) is 16.7. The van der Waals surface area contributed by atoms with Crippen molar-refractivity contribution in [2.75, 3.05) is 4.90 Å². The van der Waals surface area contributed by atoms with Crippen LogP contribution in [0.5, 0.6) is 0 Å². The minimum absolute atomic E-state index is 0.576. The molecule has 11 aromatic rings. The summed E-state index contributed by atoms with van der Waals surface area (Å²) in [7, 11) is 0. The maximum atomic E-state index is 6.56. The minimum atomic E-state index is 0.576. The van der Waals surface area contributed by atoms with E-state index in [1.54, 1.807) is 0 Å². The third kappa shape index (κ3) is 3.98. The Balaban J connectivity index is 1.07. The van der Waals surface area contributed by atoms with Gasteiger partial charge in [-0.1, -0.05) is 84.9 Å². The van der Waals surface area contributed by atoms with E-state index in [0.717, 1.165) is 88.4 Å². The van der Waals surface area contributed by atoms with Crippen LogP contribution in [0, 0.1) is 0 Å². The molecule has 5 heteroatoms. The molecular formula is C45H26N2O3. The summed E-state index contributed by atoms with van der Waals surface area (Å²) >= 11 is 0. The van der Waals surface area contributed by atoms with Crippen LogP contribution < -0.4 is 4.90 Å². The van der Waals surface area contributed by atoms with Gasteiger partial charge in [0.1, 0.15) is 27.8 Å². The van der Waals surface area contributed by atoms with Crippen molar-refractivity contribution in [1.29, 1.82) is 0 Å². The lowest BCUT2D eigenvalue weighted by Gasteiger charge is -2.25. The second-order valence-electron chi connectivity index (χ2n) is 12.7. The van der Waals surface area contributed by atoms with E-state index in [4.69, 9.17) is 18.2 Å². The predicted molar refractivity (Wildman–Crippen MR) is 204 cm³/mol. The molecule has 0 bridgehead atoms. The summed E-state index contributed by atoms with van der Waals surface area (Å²) in [5.74, 6) is 0.576. The lowest BCUT2D eigenvalue weighted by Crippen LogP contribution is -2.09. The fraction of sp³-hybridized carbons (Fsp3) is 0. The molecule has 8 aromatic carbocycles. The molecule has 0 atom stereocenters. The van der Waals surface area contributed by atoms with Crippen LogP contribution in [-0.2, 0) is 0 Å². The van der Waals surface area contributed by atoms with Crippen molar-refractivity contribution in [2.45, 2.75) is 0 Å². The van der Waals surface area contributed by atoms with Crippen molar-refractivity contribution in [3.05, 3.63) is 158 Å². The Hall–Kier alpha value is -6.85. The molecule has 3 heterocycles. The average molecular weight is 643 g/mol. The van der Waals surface area contributed by atoms with Gasteiger partial charge >= 0.3 is 0 Å². The summed E-state index contributed by atoms with van der Waals surface area (Å²) in [6, 6.07) is 54.3. The minimum Gasteiger partial charge on any atom is -0.456 e. The number of benzene rings is 8. The maximum Gasteiger partial charge on any atom is 0.228 e. The lowest BCUT2D eigenvalue weighted by molar-refractivity contribution is 0.620. The highest BCUT2D eigenvalue weighted by molar-refractivity contribution is 6.19. The molecule has 0 aliphatic heterocycles. The molecule has 0 radical (unpaired) electrons. The number of fused-ring (bicyclic) bond motifs is 11. The molecule has 234 valence electrons. The van der Waals surface area contributed by atoms with Gasteiger partial charge in [-0.05, 0) is 76.8 Å². The van der Waals surface area contributed by atoms with Crippen LogP contribution in [0.3, 0.4) is 0 Å². The number of para-hydroxylation sites is 1. The Morgan fingerprint density at radius 2 is 1.00 bits per heavy atom. The first kappa shape index (κ1) is 27.1. The average Bonchev–Trinajstić information content (AvgIpc) is 3.88. The summed E-state index contributed by atoms with van der Waals surface area (Å²) < 4.78 is 19.4. The van der Waals surface area contributed by atoms with Crippen molar-refractivity contribution in [3.8, 4) is 11.5 Å². The number of oxazole rings is 1. The van der Waals surface area contributed by atoms with Gasteiger partial charge in [-0.15, -0.1) is 0 Å². The van der Waals surface area contributed by atoms with Crippen LogP contribution >= 0.6 is 0 Å². The van der Waals surface area contributed by atoms with E-state index in [9.17, 15) is 0 Å². The summed E-state index contributed by atoms with van der Waals surface area (Å²) in [5.41, 5.74) is 8.80. The number of nitrogens with zero attached hydrogens (tertiary/aromatic N) is 2. The van der Waals surface area contributed by atoms with E-state index in [-0.39, 0.29) is 0 Å². The van der Waals surface area contributed by atoms with Gasteiger partial charge in [0.15, 0.2) is 5.58 Å². The first-order chi connectivity index (χ1) is 24.8. The number of furan rings is 2. The monoisotopic (exact) mass is 642 g/mol. The van der Waals surface area contributed by atoms with Crippen molar-refractivity contribution < 1.29 is 13.3 Å². The van der Waals surface area contributed by atoms with E-state index in [0.29, 0.717) is 5.89 Å². The van der Waals surface area contributed by atoms with Crippen molar-refractivity contribution in [3.63, 3.8) is 0 Å². The second-order valence-corrected chi connectivity index (χ2v) is 12.7. The highest BCUT2D eigenvalue weighted by Crippen LogP contribution is 2.43. The maximum absolute atomic E-state index is 6.56. The van der Waals surface area contributed by atoms with Crippen molar-refractivity contribution in [2.24, 2.45) is 0 Å². The predicted octanol–water partition coefficient (Wildman–Crippen LogP) is 13.1. The highest BCUT2D eigenvalue weighted by Gasteiger charge is 2.21. The molecule has 0 N–H and O–H groups in total. The molecule has 0 saturated heterocycles.